The number of rotatable bonds is 9. The van der Waals surface area contributed by atoms with Crippen molar-refractivity contribution in [3.8, 4) is 0 Å². The van der Waals surface area contributed by atoms with E-state index in [1.165, 1.54) is 0 Å². The topological polar surface area (TPSA) is 154 Å². The fourth-order valence-electron chi connectivity index (χ4n) is 1.20. The number of nitrogens with two attached hydrogens (primary N) is 2. The van der Waals surface area contributed by atoms with Crippen LogP contribution < -0.4 is 16.8 Å². The highest BCUT2D eigenvalue weighted by molar-refractivity contribution is 5.85. The molecule has 0 radical (unpaired) electrons. The maximum atomic E-state index is 10.8. The Kier molecular flexibility index (Phi) is 11.8. The van der Waals surface area contributed by atoms with Crippen LogP contribution in [0.15, 0.2) is 4.99 Å². The van der Waals surface area contributed by atoms with Crippen LogP contribution in [0, 0.1) is 0 Å². The molecule has 9 heteroatoms. The summed E-state index contributed by atoms with van der Waals surface area (Å²) in [4.78, 5) is 14.6. The third kappa shape index (κ3) is 11.4. The maximum absolute atomic E-state index is 10.8. The minimum atomic E-state index is -1.43. The number of aliphatic carboxylic acids is 1. The van der Waals surface area contributed by atoms with E-state index in [4.69, 9.17) is 26.8 Å². The van der Waals surface area contributed by atoms with Crippen molar-refractivity contribution >= 4 is 24.3 Å². The SMILES string of the molecule is Cl.NC(N)=NCCC[C@H](NCCC(O)O)C(=O)O. The lowest BCUT2D eigenvalue weighted by molar-refractivity contribution is -0.139. The van der Waals surface area contributed by atoms with E-state index in [9.17, 15) is 4.79 Å². The lowest BCUT2D eigenvalue weighted by Crippen LogP contribution is -2.38. The van der Waals surface area contributed by atoms with Gasteiger partial charge in [-0.3, -0.25) is 9.79 Å². The Bertz CT molecular complexity index is 259. The molecule has 18 heavy (non-hydrogen) atoms. The first-order valence-electron chi connectivity index (χ1n) is 5.31. The monoisotopic (exact) mass is 284 g/mol. The van der Waals surface area contributed by atoms with Gasteiger partial charge in [0.1, 0.15) is 6.04 Å². The van der Waals surface area contributed by atoms with Crippen molar-refractivity contribution in [2.45, 2.75) is 31.6 Å². The molecule has 0 aliphatic heterocycles. The van der Waals surface area contributed by atoms with Crippen LogP contribution in [0.4, 0.5) is 0 Å². The van der Waals surface area contributed by atoms with Gasteiger partial charge in [-0.05, 0) is 12.8 Å². The fourth-order valence-corrected chi connectivity index (χ4v) is 1.20. The van der Waals surface area contributed by atoms with Crippen molar-refractivity contribution in [3.05, 3.63) is 0 Å². The van der Waals surface area contributed by atoms with Gasteiger partial charge in [-0.2, -0.15) is 0 Å². The minimum Gasteiger partial charge on any atom is -0.480 e. The van der Waals surface area contributed by atoms with Crippen LogP contribution in [0.3, 0.4) is 0 Å². The smallest absolute Gasteiger partial charge is 0.320 e. The number of carbonyl (C=O) groups is 1. The number of hydrogen-bond acceptors (Lipinski definition) is 5. The molecule has 0 aromatic rings. The van der Waals surface area contributed by atoms with Crippen molar-refractivity contribution in [2.24, 2.45) is 16.5 Å². The number of nitrogens with zero attached hydrogens (tertiary/aromatic N) is 1. The molecule has 0 rings (SSSR count). The predicted molar refractivity (Wildman–Crippen MR) is 69.4 cm³/mol. The normalized spacial score (nSPS) is 11.7. The van der Waals surface area contributed by atoms with Crippen LogP contribution in [-0.4, -0.2) is 52.7 Å². The van der Waals surface area contributed by atoms with Crippen LogP contribution in [-0.2, 0) is 4.79 Å². The van der Waals surface area contributed by atoms with Gasteiger partial charge in [-0.1, -0.05) is 0 Å². The van der Waals surface area contributed by atoms with Crippen LogP contribution >= 0.6 is 12.4 Å². The van der Waals surface area contributed by atoms with Crippen molar-refractivity contribution in [3.63, 3.8) is 0 Å². The van der Waals surface area contributed by atoms with Crippen LogP contribution in [0.5, 0.6) is 0 Å². The minimum absolute atomic E-state index is 0. The number of guanidine groups is 1. The van der Waals surface area contributed by atoms with Gasteiger partial charge in [0, 0.05) is 19.5 Å². The van der Waals surface area contributed by atoms with Crippen molar-refractivity contribution < 1.29 is 20.1 Å². The number of aliphatic imine (C=N–C) groups is 1. The van der Waals surface area contributed by atoms with E-state index in [-0.39, 0.29) is 31.3 Å². The highest BCUT2D eigenvalue weighted by Gasteiger charge is 2.15. The first kappa shape index (κ1) is 19.3. The van der Waals surface area contributed by atoms with Gasteiger partial charge in [0.05, 0.1) is 0 Å². The molecular formula is C9H21ClN4O4. The molecule has 0 aromatic heterocycles. The number of carboxylic acids is 1. The Morgan fingerprint density at radius 3 is 2.33 bits per heavy atom. The summed E-state index contributed by atoms with van der Waals surface area (Å²) in [5.74, 6) is -1.00. The molecule has 1 atom stereocenters. The maximum Gasteiger partial charge on any atom is 0.320 e. The number of carboxylic acid groups (broad SMARTS) is 1. The molecule has 0 saturated heterocycles. The molecule has 0 aliphatic carbocycles. The van der Waals surface area contributed by atoms with E-state index in [1.54, 1.807) is 0 Å². The first-order valence-corrected chi connectivity index (χ1v) is 5.31. The summed E-state index contributed by atoms with van der Waals surface area (Å²) in [5.41, 5.74) is 10.2. The zero-order valence-electron chi connectivity index (χ0n) is 9.95. The molecule has 8 N–H and O–H groups in total. The third-order valence-corrected chi connectivity index (χ3v) is 2.04. The van der Waals surface area contributed by atoms with Gasteiger partial charge in [0.15, 0.2) is 12.2 Å². The average Bonchev–Trinajstić information content (AvgIpc) is 2.20. The summed E-state index contributed by atoms with van der Waals surface area (Å²) in [6.07, 6.45) is -0.451. The standard InChI is InChI=1S/C9H20N4O4.ClH/c10-9(11)13-4-1-2-6(8(16)17)12-5-3-7(14)15;/h6-7,12,14-15H,1-5H2,(H,16,17)(H4,10,11,13);1H/t6-;/m0./s1. The van der Waals surface area contributed by atoms with E-state index >= 15 is 0 Å². The second kappa shape index (κ2) is 11.0. The molecule has 108 valence electrons. The molecule has 0 fully saturated rings. The zero-order valence-corrected chi connectivity index (χ0v) is 10.8. The van der Waals surface area contributed by atoms with E-state index in [1.807, 2.05) is 0 Å². The number of aliphatic hydroxyl groups excluding tert-OH is 1. The summed E-state index contributed by atoms with van der Waals surface area (Å²) in [5, 5.41) is 28.8. The largest absolute Gasteiger partial charge is 0.480 e. The van der Waals surface area contributed by atoms with Crippen LogP contribution in [0.2, 0.25) is 0 Å². The van der Waals surface area contributed by atoms with Crippen molar-refractivity contribution in [2.75, 3.05) is 13.1 Å². The van der Waals surface area contributed by atoms with Gasteiger partial charge in [-0.25, -0.2) is 0 Å². The molecule has 0 spiro atoms. The Morgan fingerprint density at radius 1 is 1.28 bits per heavy atom. The number of halogens is 1. The molecule has 0 aliphatic rings. The fraction of sp³-hybridized carbons (Fsp3) is 0.778. The van der Waals surface area contributed by atoms with E-state index in [0.717, 1.165) is 0 Å². The number of aliphatic hydroxyl groups is 2. The van der Waals surface area contributed by atoms with E-state index in [0.29, 0.717) is 19.4 Å². The zero-order chi connectivity index (χ0) is 13.3. The summed E-state index contributed by atoms with van der Waals surface area (Å²) in [7, 11) is 0. The molecule has 0 bridgehead atoms. The van der Waals surface area contributed by atoms with Gasteiger partial charge < -0.3 is 32.1 Å². The van der Waals surface area contributed by atoms with Gasteiger partial charge >= 0.3 is 5.97 Å². The van der Waals surface area contributed by atoms with Crippen LogP contribution in [0.25, 0.3) is 0 Å². The summed E-state index contributed by atoms with van der Waals surface area (Å²) in [6, 6.07) is -0.733. The summed E-state index contributed by atoms with van der Waals surface area (Å²) >= 11 is 0. The molecule has 0 heterocycles. The Labute approximate surface area is 111 Å². The van der Waals surface area contributed by atoms with Gasteiger partial charge in [-0.15, -0.1) is 12.4 Å². The Morgan fingerprint density at radius 2 is 1.89 bits per heavy atom. The van der Waals surface area contributed by atoms with E-state index < -0.39 is 18.3 Å². The lowest BCUT2D eigenvalue weighted by Gasteiger charge is -2.14. The Hall–Kier alpha value is -1.09. The highest BCUT2D eigenvalue weighted by Crippen LogP contribution is 1.99. The lowest BCUT2D eigenvalue weighted by atomic mass is 10.1. The molecule has 8 nitrogen and oxygen atoms in total. The number of nitrogens with one attached hydrogen (secondary N) is 1. The second-order valence-corrected chi connectivity index (χ2v) is 3.56. The first-order chi connectivity index (χ1) is 7.93. The summed E-state index contributed by atoms with van der Waals surface area (Å²) < 4.78 is 0. The van der Waals surface area contributed by atoms with Gasteiger partial charge in [0.25, 0.3) is 0 Å². The van der Waals surface area contributed by atoms with Crippen molar-refractivity contribution in [1.29, 1.82) is 0 Å². The highest BCUT2D eigenvalue weighted by atomic mass is 35.5. The molecule has 0 saturated carbocycles. The molecular weight excluding hydrogens is 264 g/mol. The molecule has 0 amide bonds. The second-order valence-electron chi connectivity index (χ2n) is 3.56. The number of hydrogen-bond donors (Lipinski definition) is 6. The third-order valence-electron chi connectivity index (χ3n) is 2.04. The quantitative estimate of drug-likeness (QED) is 0.126. The Balaban J connectivity index is 0. The van der Waals surface area contributed by atoms with Crippen molar-refractivity contribution in [1.82, 2.24) is 5.32 Å². The average molecular weight is 285 g/mol. The molecule has 0 unspecified atom stereocenters. The van der Waals surface area contributed by atoms with Crippen LogP contribution in [0.1, 0.15) is 19.3 Å². The van der Waals surface area contributed by atoms with Gasteiger partial charge in [0.2, 0.25) is 0 Å². The molecule has 0 aromatic carbocycles. The summed E-state index contributed by atoms with van der Waals surface area (Å²) in [6.45, 7) is 0.591. The van der Waals surface area contributed by atoms with E-state index in [2.05, 4.69) is 10.3 Å². The predicted octanol–water partition coefficient (Wildman–Crippen LogP) is -1.79.